The van der Waals surface area contributed by atoms with Gasteiger partial charge in [0.2, 0.25) is 0 Å². The summed E-state index contributed by atoms with van der Waals surface area (Å²) in [6, 6.07) is 6.46. The van der Waals surface area contributed by atoms with Gasteiger partial charge in [0.1, 0.15) is 0 Å². The lowest BCUT2D eigenvalue weighted by Crippen LogP contribution is -2.51. The molecule has 124 valence electrons. The molecule has 0 amide bonds. The van der Waals surface area contributed by atoms with Gasteiger partial charge in [-0.25, -0.2) is 0 Å². The number of hydrogen-bond acceptors (Lipinski definition) is 1. The minimum absolute atomic E-state index is 0.531. The second kappa shape index (κ2) is 5.77. The van der Waals surface area contributed by atoms with Crippen molar-refractivity contribution in [1.29, 1.82) is 0 Å². The van der Waals surface area contributed by atoms with E-state index in [1.807, 2.05) is 0 Å². The molecule has 2 nitrogen and oxygen atoms in total. The van der Waals surface area contributed by atoms with Crippen LogP contribution in [-0.4, -0.2) is 11.7 Å². The van der Waals surface area contributed by atoms with Gasteiger partial charge in [-0.05, 0) is 99.4 Å². The van der Waals surface area contributed by atoms with Crippen LogP contribution < -0.4 is 10.6 Å². The van der Waals surface area contributed by atoms with Gasteiger partial charge in [-0.1, -0.05) is 17.7 Å². The van der Waals surface area contributed by atoms with Crippen LogP contribution in [0.15, 0.2) is 18.2 Å². The summed E-state index contributed by atoms with van der Waals surface area (Å²) in [6.07, 6.45) is 8.80. The fourth-order valence-corrected chi connectivity index (χ4v) is 6.08. The van der Waals surface area contributed by atoms with E-state index in [0.29, 0.717) is 5.41 Å². The highest BCUT2D eigenvalue weighted by molar-refractivity contribution is 7.80. The smallest absolute Gasteiger partial charge is 0.170 e. The van der Waals surface area contributed by atoms with Crippen LogP contribution in [0.3, 0.4) is 0 Å². The van der Waals surface area contributed by atoms with E-state index in [0.717, 1.165) is 35.1 Å². The third-order valence-electron chi connectivity index (χ3n) is 6.42. The lowest BCUT2D eigenvalue weighted by atomic mass is 9.49. The fraction of sp³-hybridized carbons (Fsp3) is 0.650. The monoisotopic (exact) mass is 328 g/mol. The van der Waals surface area contributed by atoms with Gasteiger partial charge in [0.15, 0.2) is 5.11 Å². The van der Waals surface area contributed by atoms with Gasteiger partial charge >= 0.3 is 0 Å². The van der Waals surface area contributed by atoms with Gasteiger partial charge in [0, 0.05) is 12.2 Å². The summed E-state index contributed by atoms with van der Waals surface area (Å²) in [5.74, 6) is 3.01. The molecule has 2 N–H and O–H groups in total. The molecule has 0 atom stereocenters. The van der Waals surface area contributed by atoms with Crippen molar-refractivity contribution >= 4 is 23.0 Å². The normalized spacial score (nSPS) is 34.4. The van der Waals surface area contributed by atoms with Crippen molar-refractivity contribution < 1.29 is 0 Å². The van der Waals surface area contributed by atoms with E-state index >= 15 is 0 Å². The Kier molecular flexibility index (Phi) is 3.87. The number of hydrogen-bond donors (Lipinski definition) is 2. The van der Waals surface area contributed by atoms with Crippen molar-refractivity contribution in [2.24, 2.45) is 23.2 Å². The van der Waals surface area contributed by atoms with Gasteiger partial charge in [0.25, 0.3) is 0 Å². The standard InChI is InChI=1S/C20H28N2S/c1-13-3-4-18(14(2)5-13)22-19(23)21-12-20-9-15-6-16(10-20)8-17(7-15)11-20/h3-5,15-17H,6-12H2,1-2H3,(H2,21,22,23). The highest BCUT2D eigenvalue weighted by atomic mass is 32.1. The Labute approximate surface area is 145 Å². The quantitative estimate of drug-likeness (QED) is 0.779. The zero-order chi connectivity index (χ0) is 16.0. The van der Waals surface area contributed by atoms with Crippen LogP contribution in [-0.2, 0) is 0 Å². The molecule has 0 unspecified atom stereocenters. The lowest BCUT2D eigenvalue weighted by Gasteiger charge is -2.57. The summed E-state index contributed by atoms with van der Waals surface area (Å²) < 4.78 is 0. The summed E-state index contributed by atoms with van der Waals surface area (Å²) in [4.78, 5) is 0. The van der Waals surface area contributed by atoms with Gasteiger partial charge in [-0.15, -0.1) is 0 Å². The molecule has 0 saturated heterocycles. The molecule has 3 heteroatoms. The molecule has 4 saturated carbocycles. The van der Waals surface area contributed by atoms with E-state index < -0.39 is 0 Å². The van der Waals surface area contributed by atoms with E-state index in [9.17, 15) is 0 Å². The van der Waals surface area contributed by atoms with E-state index in [-0.39, 0.29) is 0 Å². The third-order valence-corrected chi connectivity index (χ3v) is 6.67. The van der Waals surface area contributed by atoms with Crippen molar-refractivity contribution in [3.8, 4) is 0 Å². The first kappa shape index (κ1) is 15.4. The van der Waals surface area contributed by atoms with Crippen LogP contribution in [0.25, 0.3) is 0 Å². The predicted molar refractivity (Wildman–Crippen MR) is 101 cm³/mol. The minimum atomic E-state index is 0.531. The molecular formula is C20H28N2S. The Morgan fingerprint density at radius 1 is 1.09 bits per heavy atom. The van der Waals surface area contributed by atoms with Gasteiger partial charge in [-0.2, -0.15) is 0 Å². The molecule has 4 fully saturated rings. The Balaban J connectivity index is 1.36. The Bertz CT molecular complexity index is 587. The maximum Gasteiger partial charge on any atom is 0.170 e. The SMILES string of the molecule is Cc1ccc(NC(=S)NCC23CC4CC(CC(C4)C2)C3)c(C)c1. The molecule has 1 aromatic rings. The molecular weight excluding hydrogens is 300 g/mol. The van der Waals surface area contributed by atoms with Gasteiger partial charge < -0.3 is 10.6 Å². The van der Waals surface area contributed by atoms with Crippen LogP contribution in [0.4, 0.5) is 5.69 Å². The lowest BCUT2D eigenvalue weighted by molar-refractivity contribution is -0.0490. The van der Waals surface area contributed by atoms with Gasteiger partial charge in [-0.3, -0.25) is 0 Å². The zero-order valence-corrected chi connectivity index (χ0v) is 15.1. The average Bonchev–Trinajstić information content (AvgIpc) is 2.47. The van der Waals surface area contributed by atoms with Crippen molar-refractivity contribution in [3.05, 3.63) is 29.3 Å². The second-order valence-electron chi connectivity index (χ2n) is 8.54. The summed E-state index contributed by atoms with van der Waals surface area (Å²) >= 11 is 5.56. The first-order chi connectivity index (χ1) is 11.0. The number of benzene rings is 1. The number of thiocarbonyl (C=S) groups is 1. The summed E-state index contributed by atoms with van der Waals surface area (Å²) in [5.41, 5.74) is 4.20. The predicted octanol–water partition coefficient (Wildman–Crippen LogP) is 4.81. The zero-order valence-electron chi connectivity index (χ0n) is 14.3. The Morgan fingerprint density at radius 3 is 2.26 bits per heavy atom. The fourth-order valence-electron chi connectivity index (χ4n) is 5.89. The number of aryl methyl sites for hydroxylation is 2. The Morgan fingerprint density at radius 2 is 1.70 bits per heavy atom. The van der Waals surface area contributed by atoms with Gasteiger partial charge in [0.05, 0.1) is 0 Å². The molecule has 0 aliphatic heterocycles. The maximum absolute atomic E-state index is 5.56. The molecule has 0 aromatic heterocycles. The maximum atomic E-state index is 5.56. The van der Waals surface area contributed by atoms with E-state index in [4.69, 9.17) is 12.2 Å². The van der Waals surface area contributed by atoms with Crippen LogP contribution in [0.1, 0.15) is 49.7 Å². The molecule has 4 bridgehead atoms. The van der Waals surface area contributed by atoms with E-state index in [2.05, 4.69) is 42.7 Å². The first-order valence-electron chi connectivity index (χ1n) is 9.13. The number of rotatable bonds is 3. The molecule has 23 heavy (non-hydrogen) atoms. The van der Waals surface area contributed by atoms with Crippen LogP contribution in [0.2, 0.25) is 0 Å². The number of anilines is 1. The molecule has 4 aliphatic carbocycles. The van der Waals surface area contributed by atoms with E-state index in [1.54, 1.807) is 0 Å². The molecule has 0 spiro atoms. The van der Waals surface area contributed by atoms with Crippen LogP contribution in [0, 0.1) is 37.0 Å². The Hall–Kier alpha value is -1.09. The van der Waals surface area contributed by atoms with Crippen molar-refractivity contribution in [3.63, 3.8) is 0 Å². The molecule has 0 radical (unpaired) electrons. The summed E-state index contributed by atoms with van der Waals surface area (Å²) in [5, 5.41) is 7.73. The van der Waals surface area contributed by atoms with Crippen LogP contribution >= 0.6 is 12.2 Å². The third kappa shape index (κ3) is 3.13. The van der Waals surface area contributed by atoms with Crippen molar-refractivity contribution in [2.75, 3.05) is 11.9 Å². The van der Waals surface area contributed by atoms with Crippen molar-refractivity contribution in [1.82, 2.24) is 5.32 Å². The molecule has 4 aliphatic rings. The highest BCUT2D eigenvalue weighted by Gasteiger charge is 2.50. The summed E-state index contributed by atoms with van der Waals surface area (Å²) in [6.45, 7) is 5.32. The van der Waals surface area contributed by atoms with Crippen LogP contribution in [0.5, 0.6) is 0 Å². The average molecular weight is 329 g/mol. The van der Waals surface area contributed by atoms with E-state index in [1.165, 1.54) is 49.7 Å². The number of nitrogens with one attached hydrogen (secondary N) is 2. The molecule has 5 rings (SSSR count). The van der Waals surface area contributed by atoms with Crippen molar-refractivity contribution in [2.45, 2.75) is 52.4 Å². The minimum Gasteiger partial charge on any atom is -0.362 e. The second-order valence-corrected chi connectivity index (χ2v) is 8.95. The highest BCUT2D eigenvalue weighted by Crippen LogP contribution is 2.59. The largest absolute Gasteiger partial charge is 0.362 e. The first-order valence-corrected chi connectivity index (χ1v) is 9.54. The molecule has 1 aromatic carbocycles. The topological polar surface area (TPSA) is 24.1 Å². The summed E-state index contributed by atoms with van der Waals surface area (Å²) in [7, 11) is 0. The molecule has 0 heterocycles.